The highest BCUT2D eigenvalue weighted by molar-refractivity contribution is 5.87. The summed E-state index contributed by atoms with van der Waals surface area (Å²) in [4.78, 5) is 23.0. The lowest BCUT2D eigenvalue weighted by atomic mass is 10.1. The van der Waals surface area contributed by atoms with E-state index in [-0.39, 0.29) is 26.4 Å². The lowest BCUT2D eigenvalue weighted by Gasteiger charge is -2.09. The number of carbonyl (C=O) groups is 2. The Morgan fingerprint density at radius 2 is 1.67 bits per heavy atom. The number of rotatable bonds is 9. The molecule has 0 saturated heterocycles. The second-order valence-electron chi connectivity index (χ2n) is 5.72. The monoisotopic (exact) mass is 373 g/mol. The van der Waals surface area contributed by atoms with Gasteiger partial charge in [0, 0.05) is 12.1 Å². The maximum atomic E-state index is 11.8. The topological polar surface area (TPSA) is 83.1 Å². The Morgan fingerprint density at radius 1 is 1.00 bits per heavy atom. The van der Waals surface area contributed by atoms with Crippen LogP contribution < -0.4 is 14.8 Å². The molecule has 0 aromatic heterocycles. The normalized spacial score (nSPS) is 10.3. The molecule has 1 N–H and O–H groups in total. The Labute approximate surface area is 157 Å². The van der Waals surface area contributed by atoms with Crippen molar-refractivity contribution in [3.8, 4) is 11.5 Å². The molecular weight excluding hydrogens is 350 g/mol. The predicted octanol–water partition coefficient (Wildman–Crippen LogP) is 3.07. The molecule has 2 aromatic carbocycles. The quantitative estimate of drug-likeness (QED) is 0.413. The van der Waals surface area contributed by atoms with Gasteiger partial charge in [0.05, 0.1) is 20.3 Å². The number of ether oxygens (including phenoxy) is 4. The summed E-state index contributed by atoms with van der Waals surface area (Å²) in [5, 5.41) is 4.51. The van der Waals surface area contributed by atoms with Gasteiger partial charge in [-0.25, -0.2) is 9.59 Å². The number of benzene rings is 2. The molecule has 0 aliphatic carbocycles. The number of hydrogen-bond donors (Lipinski definition) is 1. The summed E-state index contributed by atoms with van der Waals surface area (Å²) in [7, 11) is 1.61. The number of carbonyl (C=O) groups excluding carboxylic acids is 2. The second-order valence-corrected chi connectivity index (χ2v) is 5.72. The summed E-state index contributed by atoms with van der Waals surface area (Å²) >= 11 is 0. The van der Waals surface area contributed by atoms with Crippen LogP contribution in [0.2, 0.25) is 0 Å². The Balaban J connectivity index is 1.67. The summed E-state index contributed by atoms with van der Waals surface area (Å²) < 4.78 is 20.6. The molecule has 27 heavy (non-hydrogen) atoms. The molecule has 0 bridgehead atoms. The summed E-state index contributed by atoms with van der Waals surface area (Å²) in [6.07, 6.45) is -0.569. The van der Waals surface area contributed by atoms with E-state index in [4.69, 9.17) is 18.9 Å². The fraction of sp³-hybridized carbons (Fsp3) is 0.300. The van der Waals surface area contributed by atoms with E-state index in [1.54, 1.807) is 26.2 Å². The second kappa shape index (κ2) is 10.2. The van der Waals surface area contributed by atoms with E-state index >= 15 is 0 Å². The maximum absolute atomic E-state index is 11.8. The first-order valence-electron chi connectivity index (χ1n) is 8.43. The molecule has 7 nitrogen and oxygen atoms in total. The lowest BCUT2D eigenvalue weighted by molar-refractivity contribution is -0.140. The average Bonchev–Trinajstić information content (AvgIpc) is 2.66. The van der Waals surface area contributed by atoms with Crippen LogP contribution in [-0.4, -0.2) is 45.5 Å². The van der Waals surface area contributed by atoms with E-state index in [1.807, 2.05) is 24.3 Å². The number of nitrogens with one attached hydrogen (secondary N) is 1. The molecule has 0 aliphatic rings. The van der Waals surface area contributed by atoms with Crippen molar-refractivity contribution >= 4 is 22.8 Å². The van der Waals surface area contributed by atoms with Crippen LogP contribution in [0.1, 0.15) is 6.92 Å². The predicted molar refractivity (Wildman–Crippen MR) is 101 cm³/mol. The summed E-state index contributed by atoms with van der Waals surface area (Å²) in [5.41, 5.74) is 0.340. The van der Waals surface area contributed by atoms with Gasteiger partial charge < -0.3 is 24.3 Å². The number of fused-ring (bicyclic) bond motifs is 1. The fourth-order valence-electron chi connectivity index (χ4n) is 2.18. The van der Waals surface area contributed by atoms with Crippen LogP contribution in [0.4, 0.5) is 4.79 Å². The maximum Gasteiger partial charge on any atom is 0.412 e. The minimum atomic E-state index is -0.569. The molecule has 0 aliphatic heterocycles. The van der Waals surface area contributed by atoms with E-state index in [0.717, 1.165) is 16.5 Å². The first-order chi connectivity index (χ1) is 13.0. The van der Waals surface area contributed by atoms with Gasteiger partial charge in [0.25, 0.3) is 0 Å². The zero-order valence-corrected chi connectivity index (χ0v) is 15.4. The van der Waals surface area contributed by atoms with Crippen LogP contribution in [-0.2, 0) is 14.3 Å². The van der Waals surface area contributed by atoms with Gasteiger partial charge in [0.2, 0.25) is 0 Å². The van der Waals surface area contributed by atoms with Crippen molar-refractivity contribution in [3.63, 3.8) is 0 Å². The van der Waals surface area contributed by atoms with Crippen LogP contribution >= 0.6 is 0 Å². The van der Waals surface area contributed by atoms with Crippen molar-refractivity contribution in [2.45, 2.75) is 6.92 Å². The lowest BCUT2D eigenvalue weighted by Crippen LogP contribution is -2.30. The van der Waals surface area contributed by atoms with Crippen molar-refractivity contribution in [1.29, 1.82) is 0 Å². The Morgan fingerprint density at radius 3 is 2.33 bits per heavy atom. The molecule has 7 heteroatoms. The van der Waals surface area contributed by atoms with E-state index in [1.165, 1.54) is 0 Å². The van der Waals surface area contributed by atoms with Gasteiger partial charge in [0.1, 0.15) is 18.1 Å². The Hall–Kier alpha value is -3.06. The zero-order valence-electron chi connectivity index (χ0n) is 15.4. The fourth-order valence-corrected chi connectivity index (χ4v) is 2.18. The zero-order chi connectivity index (χ0) is 19.6. The van der Waals surface area contributed by atoms with Crippen molar-refractivity contribution < 1.29 is 28.5 Å². The smallest absolute Gasteiger partial charge is 0.412 e. The third-order valence-electron chi connectivity index (χ3n) is 3.55. The van der Waals surface area contributed by atoms with Crippen molar-refractivity contribution in [1.82, 2.24) is 5.32 Å². The summed E-state index contributed by atoms with van der Waals surface area (Å²) in [5.74, 6) is 0.759. The Kier molecular flexibility index (Phi) is 7.63. The third-order valence-corrected chi connectivity index (χ3v) is 3.55. The highest BCUT2D eigenvalue weighted by Crippen LogP contribution is 2.24. The van der Waals surface area contributed by atoms with Crippen molar-refractivity contribution in [2.24, 2.45) is 0 Å². The van der Waals surface area contributed by atoms with E-state index in [2.05, 4.69) is 11.9 Å². The molecule has 2 aromatic rings. The first-order valence-corrected chi connectivity index (χ1v) is 8.43. The molecule has 0 saturated carbocycles. The van der Waals surface area contributed by atoms with Crippen LogP contribution in [0.3, 0.4) is 0 Å². The van der Waals surface area contributed by atoms with Gasteiger partial charge in [-0.15, -0.1) is 0 Å². The number of hydrogen-bond acceptors (Lipinski definition) is 6. The van der Waals surface area contributed by atoms with Gasteiger partial charge in [-0.3, -0.25) is 0 Å². The van der Waals surface area contributed by atoms with E-state index < -0.39 is 12.1 Å². The summed E-state index contributed by atoms with van der Waals surface area (Å²) in [6, 6.07) is 11.0. The van der Waals surface area contributed by atoms with E-state index in [0.29, 0.717) is 11.3 Å². The molecule has 1 amide bonds. The van der Waals surface area contributed by atoms with Gasteiger partial charge in [-0.1, -0.05) is 18.7 Å². The largest absolute Gasteiger partial charge is 0.497 e. The van der Waals surface area contributed by atoms with Crippen molar-refractivity contribution in [3.05, 3.63) is 48.6 Å². The van der Waals surface area contributed by atoms with Gasteiger partial charge >= 0.3 is 12.1 Å². The molecule has 0 spiro atoms. The van der Waals surface area contributed by atoms with Crippen molar-refractivity contribution in [2.75, 3.05) is 33.5 Å². The summed E-state index contributed by atoms with van der Waals surface area (Å²) in [6.45, 7) is 5.98. The molecule has 0 radical (unpaired) electrons. The van der Waals surface area contributed by atoms with Crippen LogP contribution in [0.15, 0.2) is 48.6 Å². The van der Waals surface area contributed by atoms with Gasteiger partial charge in [-0.05, 0) is 42.0 Å². The molecule has 0 fully saturated rings. The molecule has 2 rings (SSSR count). The SMILES string of the molecule is C=C(C)C(=O)OCCOCCNC(=O)Oc1ccc2cc(OC)ccc2c1. The number of esters is 1. The first kappa shape index (κ1) is 20.3. The van der Waals surface area contributed by atoms with Gasteiger partial charge in [-0.2, -0.15) is 0 Å². The van der Waals surface area contributed by atoms with Crippen LogP contribution in [0, 0.1) is 0 Å². The molecule has 0 unspecified atom stereocenters. The molecule has 144 valence electrons. The number of methoxy groups -OCH3 is 1. The standard InChI is InChI=1S/C20H23NO6/c1-14(2)19(22)26-11-10-25-9-8-21-20(23)27-18-7-5-15-12-17(24-3)6-4-16(15)13-18/h4-7,12-13H,1,8-11H2,2-3H3,(H,21,23). The molecule has 0 heterocycles. The van der Waals surface area contributed by atoms with E-state index in [9.17, 15) is 9.59 Å². The van der Waals surface area contributed by atoms with Crippen LogP contribution in [0.25, 0.3) is 10.8 Å². The van der Waals surface area contributed by atoms with Crippen LogP contribution in [0.5, 0.6) is 11.5 Å². The highest BCUT2D eigenvalue weighted by Gasteiger charge is 2.06. The average molecular weight is 373 g/mol. The minimum Gasteiger partial charge on any atom is -0.497 e. The highest BCUT2D eigenvalue weighted by atomic mass is 16.6. The molecular formula is C20H23NO6. The third kappa shape index (κ3) is 6.63. The molecule has 0 atom stereocenters. The Bertz CT molecular complexity index is 817. The number of amides is 1. The van der Waals surface area contributed by atoms with Gasteiger partial charge in [0.15, 0.2) is 0 Å². The minimum absolute atomic E-state index is 0.137.